The summed E-state index contributed by atoms with van der Waals surface area (Å²) in [5.74, 6) is -0.846. The van der Waals surface area contributed by atoms with Gasteiger partial charge in [0.2, 0.25) is 5.91 Å². The minimum absolute atomic E-state index is 0.238. The van der Waals surface area contributed by atoms with E-state index >= 15 is 0 Å². The van der Waals surface area contributed by atoms with Gasteiger partial charge in [-0.15, -0.1) is 0 Å². The van der Waals surface area contributed by atoms with Crippen LogP contribution in [0.4, 0.5) is 0 Å². The molecule has 0 aromatic heterocycles. The highest BCUT2D eigenvalue weighted by atomic mass is 16.5. The number of hydrogen-bond acceptors (Lipinski definition) is 5. The lowest BCUT2D eigenvalue weighted by atomic mass is 9.94. The highest BCUT2D eigenvalue weighted by Gasteiger charge is 2.32. The highest BCUT2D eigenvalue weighted by Crippen LogP contribution is 2.29. The number of unbranched alkanes of at least 4 members (excludes halogenated alkanes) is 2. The van der Waals surface area contributed by atoms with Crippen molar-refractivity contribution in [3.63, 3.8) is 0 Å². The van der Waals surface area contributed by atoms with Gasteiger partial charge in [0.25, 0.3) is 11.8 Å². The molecular formula is C21H25N3O4. The molecule has 0 unspecified atom stereocenters. The summed E-state index contributed by atoms with van der Waals surface area (Å²) in [6, 6.07) is 11.1. The van der Waals surface area contributed by atoms with Gasteiger partial charge in [-0.05, 0) is 44.0 Å². The average Bonchev–Trinajstić information content (AvgIpc) is 2.71. The lowest BCUT2D eigenvalue weighted by molar-refractivity contribution is -0.129. The van der Waals surface area contributed by atoms with E-state index in [0.29, 0.717) is 37.1 Å². The van der Waals surface area contributed by atoms with Crippen LogP contribution in [0.2, 0.25) is 0 Å². The summed E-state index contributed by atoms with van der Waals surface area (Å²) in [5, 5.41) is 10.1. The average molecular weight is 383 g/mol. The predicted molar refractivity (Wildman–Crippen MR) is 105 cm³/mol. The molecule has 2 N–H and O–H groups in total. The number of imide groups is 1. The molecule has 28 heavy (non-hydrogen) atoms. The first-order chi connectivity index (χ1) is 13.5. The molecular weight excluding hydrogens is 358 g/mol. The zero-order chi connectivity index (χ0) is 20.1. The zero-order valence-corrected chi connectivity index (χ0v) is 16.0. The van der Waals surface area contributed by atoms with Crippen LogP contribution in [0.15, 0.2) is 36.4 Å². The molecule has 0 bridgehead atoms. The van der Waals surface area contributed by atoms with E-state index in [0.717, 1.165) is 30.2 Å². The largest absolute Gasteiger partial charge is 0.305 e. The Kier molecular flexibility index (Phi) is 6.38. The molecule has 3 rings (SSSR count). The monoisotopic (exact) mass is 383 g/mol. The first-order valence-electron chi connectivity index (χ1n) is 9.52. The highest BCUT2D eigenvalue weighted by molar-refractivity contribution is 6.25. The molecule has 2 aromatic rings. The number of carbonyl (C=O) groups is 3. The van der Waals surface area contributed by atoms with Crippen LogP contribution in [-0.4, -0.2) is 59.4 Å². The van der Waals surface area contributed by atoms with E-state index in [1.54, 1.807) is 17.6 Å². The Bertz CT molecular complexity index is 846. The van der Waals surface area contributed by atoms with Crippen LogP contribution in [0.25, 0.3) is 10.8 Å². The second kappa shape index (κ2) is 8.95. The van der Waals surface area contributed by atoms with E-state index in [1.165, 1.54) is 4.90 Å². The van der Waals surface area contributed by atoms with Crippen LogP contribution in [0.5, 0.6) is 0 Å². The van der Waals surface area contributed by atoms with E-state index in [1.807, 2.05) is 31.3 Å². The van der Waals surface area contributed by atoms with E-state index < -0.39 is 0 Å². The Balaban J connectivity index is 1.55. The molecule has 0 fully saturated rings. The van der Waals surface area contributed by atoms with Crippen molar-refractivity contribution in [3.05, 3.63) is 47.5 Å². The zero-order valence-electron chi connectivity index (χ0n) is 16.0. The van der Waals surface area contributed by atoms with Crippen LogP contribution in [-0.2, 0) is 4.79 Å². The second-order valence-corrected chi connectivity index (χ2v) is 7.12. The molecule has 2 aromatic carbocycles. The fourth-order valence-electron chi connectivity index (χ4n) is 3.57. The number of likely N-dealkylation sites (N-methyl/N-ethyl adjacent to an activating group) is 1. The molecule has 0 aliphatic carbocycles. The molecule has 0 saturated heterocycles. The van der Waals surface area contributed by atoms with Gasteiger partial charge in [0.15, 0.2) is 0 Å². The molecule has 1 heterocycles. The van der Waals surface area contributed by atoms with Gasteiger partial charge in [-0.2, -0.15) is 0 Å². The van der Waals surface area contributed by atoms with Gasteiger partial charge < -0.3 is 4.90 Å². The molecule has 7 heteroatoms. The first-order valence-corrected chi connectivity index (χ1v) is 9.52. The maximum Gasteiger partial charge on any atom is 0.261 e. The van der Waals surface area contributed by atoms with Crippen molar-refractivity contribution < 1.29 is 19.6 Å². The standard InChI is InChI=1S/C21H25N3O4/c1-23(12-4-2-3-11-18(25)22-28)13-14-24-20(26)16-9-5-7-15-8-6-10-17(19(15)16)21(24)27/h5-10,28H,2-4,11-14H2,1H3,(H,22,25). The van der Waals surface area contributed by atoms with Crippen LogP contribution in [0, 0.1) is 0 Å². The molecule has 0 atom stereocenters. The van der Waals surface area contributed by atoms with Crippen LogP contribution in [0.3, 0.4) is 0 Å². The lowest BCUT2D eigenvalue weighted by Gasteiger charge is -2.28. The number of carbonyl (C=O) groups excluding carboxylic acids is 3. The van der Waals surface area contributed by atoms with Gasteiger partial charge in [0.1, 0.15) is 0 Å². The number of rotatable bonds is 9. The molecule has 1 aliphatic heterocycles. The molecule has 7 nitrogen and oxygen atoms in total. The Morgan fingerprint density at radius 1 is 1.00 bits per heavy atom. The molecule has 1 aliphatic rings. The number of hydrogen-bond donors (Lipinski definition) is 2. The van der Waals surface area contributed by atoms with E-state index in [9.17, 15) is 14.4 Å². The summed E-state index contributed by atoms with van der Waals surface area (Å²) in [4.78, 5) is 40.1. The van der Waals surface area contributed by atoms with E-state index in [2.05, 4.69) is 4.90 Å². The van der Waals surface area contributed by atoms with Crippen molar-refractivity contribution in [1.82, 2.24) is 15.3 Å². The second-order valence-electron chi connectivity index (χ2n) is 7.12. The van der Waals surface area contributed by atoms with Crippen molar-refractivity contribution in [2.75, 3.05) is 26.7 Å². The summed E-state index contributed by atoms with van der Waals surface area (Å²) in [5.41, 5.74) is 2.79. The van der Waals surface area contributed by atoms with Crippen molar-refractivity contribution in [2.24, 2.45) is 0 Å². The van der Waals surface area contributed by atoms with Gasteiger partial charge in [0.05, 0.1) is 0 Å². The van der Waals surface area contributed by atoms with Gasteiger partial charge in [0, 0.05) is 36.0 Å². The normalized spacial score (nSPS) is 13.5. The molecule has 0 saturated carbocycles. The van der Waals surface area contributed by atoms with Crippen molar-refractivity contribution in [2.45, 2.75) is 25.7 Å². The number of nitrogens with zero attached hydrogens (tertiary/aromatic N) is 2. The summed E-state index contributed by atoms with van der Waals surface area (Å²) in [6.07, 6.45) is 2.79. The summed E-state index contributed by atoms with van der Waals surface area (Å²) < 4.78 is 0. The van der Waals surface area contributed by atoms with Gasteiger partial charge >= 0.3 is 0 Å². The number of hydroxylamine groups is 1. The van der Waals surface area contributed by atoms with Crippen LogP contribution >= 0.6 is 0 Å². The Morgan fingerprint density at radius 3 is 2.25 bits per heavy atom. The van der Waals surface area contributed by atoms with Gasteiger partial charge in [-0.3, -0.25) is 24.5 Å². The van der Waals surface area contributed by atoms with Gasteiger partial charge in [-0.1, -0.05) is 30.7 Å². The third-order valence-electron chi connectivity index (χ3n) is 5.13. The summed E-state index contributed by atoms with van der Waals surface area (Å²) in [6.45, 7) is 1.74. The summed E-state index contributed by atoms with van der Waals surface area (Å²) >= 11 is 0. The quantitative estimate of drug-likeness (QED) is 0.300. The lowest BCUT2D eigenvalue weighted by Crippen LogP contribution is -2.44. The minimum Gasteiger partial charge on any atom is -0.305 e. The van der Waals surface area contributed by atoms with Crippen molar-refractivity contribution in [3.8, 4) is 0 Å². The third kappa shape index (κ3) is 4.21. The first kappa shape index (κ1) is 20.0. The Morgan fingerprint density at radius 2 is 1.64 bits per heavy atom. The van der Waals surface area contributed by atoms with Crippen molar-refractivity contribution >= 4 is 28.5 Å². The third-order valence-corrected chi connectivity index (χ3v) is 5.13. The number of benzene rings is 2. The predicted octanol–water partition coefficient (Wildman–Crippen LogP) is 2.43. The summed E-state index contributed by atoms with van der Waals surface area (Å²) in [7, 11) is 1.95. The van der Waals surface area contributed by atoms with Crippen molar-refractivity contribution in [1.29, 1.82) is 0 Å². The van der Waals surface area contributed by atoms with Gasteiger partial charge in [-0.25, -0.2) is 5.48 Å². The minimum atomic E-state index is -0.370. The number of nitrogens with one attached hydrogen (secondary N) is 1. The number of amides is 3. The fraction of sp³-hybridized carbons (Fsp3) is 0.381. The van der Waals surface area contributed by atoms with Crippen LogP contribution < -0.4 is 5.48 Å². The molecule has 3 amide bonds. The maximum atomic E-state index is 12.8. The Hall–Kier alpha value is -2.77. The maximum absolute atomic E-state index is 12.8. The Labute approximate surface area is 163 Å². The smallest absolute Gasteiger partial charge is 0.261 e. The van der Waals surface area contributed by atoms with Crippen LogP contribution in [0.1, 0.15) is 46.4 Å². The molecule has 0 radical (unpaired) electrons. The fourth-order valence-corrected chi connectivity index (χ4v) is 3.57. The SMILES string of the molecule is CN(CCCCCC(=O)NO)CCN1C(=O)c2cccc3cccc(c23)C1=O. The molecule has 148 valence electrons. The topological polar surface area (TPSA) is 90.0 Å². The van der Waals surface area contributed by atoms with E-state index in [-0.39, 0.29) is 17.7 Å². The van der Waals surface area contributed by atoms with E-state index in [4.69, 9.17) is 5.21 Å². The molecule has 0 spiro atoms.